The first-order chi connectivity index (χ1) is 7.61. The first-order valence-electron chi connectivity index (χ1n) is 6.03. The molecule has 3 N–H and O–H groups in total. The Labute approximate surface area is 97.7 Å². The van der Waals surface area contributed by atoms with Gasteiger partial charge in [-0.1, -0.05) is 12.8 Å². The monoisotopic (exact) mass is 250 g/mol. The van der Waals surface area contributed by atoms with E-state index in [0.29, 0.717) is 13.2 Å². The predicted molar refractivity (Wildman–Crippen MR) is 64.2 cm³/mol. The van der Waals surface area contributed by atoms with E-state index >= 15 is 0 Å². The van der Waals surface area contributed by atoms with E-state index in [1.807, 2.05) is 0 Å². The highest BCUT2D eigenvalue weighted by Crippen LogP contribution is 2.45. The molecule has 0 saturated heterocycles. The normalized spacial score (nSPS) is 26.9. The van der Waals surface area contributed by atoms with Crippen LogP contribution in [-0.2, 0) is 13.6 Å². The predicted octanol–water partition coefficient (Wildman–Crippen LogP) is 2.03. The van der Waals surface area contributed by atoms with Gasteiger partial charge in [0.15, 0.2) is 0 Å². The number of nitrogens with one attached hydrogen (secondary N) is 1. The number of hydrogen-bond donors (Lipinski definition) is 2. The molecule has 1 aliphatic carbocycles. The maximum absolute atomic E-state index is 12.2. The van der Waals surface area contributed by atoms with Gasteiger partial charge in [-0.05, 0) is 26.7 Å². The van der Waals surface area contributed by atoms with E-state index in [9.17, 15) is 4.57 Å². The lowest BCUT2D eigenvalue weighted by molar-refractivity contribution is 0.199. The molecule has 6 heteroatoms. The minimum Gasteiger partial charge on any atom is -0.326 e. The van der Waals surface area contributed by atoms with Gasteiger partial charge in [0, 0.05) is 12.1 Å². The van der Waals surface area contributed by atoms with Crippen LogP contribution in [0.4, 0.5) is 0 Å². The molecule has 1 saturated carbocycles. The Bertz CT molecular complexity index is 240. The molecule has 2 atom stereocenters. The summed E-state index contributed by atoms with van der Waals surface area (Å²) in [4.78, 5) is 0. The Hall–Kier alpha value is 0.0700. The van der Waals surface area contributed by atoms with Crippen LogP contribution in [0, 0.1) is 0 Å². The van der Waals surface area contributed by atoms with Gasteiger partial charge in [-0.15, -0.1) is 0 Å². The lowest BCUT2D eigenvalue weighted by Gasteiger charge is -2.31. The summed E-state index contributed by atoms with van der Waals surface area (Å²) in [7, 11) is -3.16. The summed E-state index contributed by atoms with van der Waals surface area (Å²) in [6, 6.07) is 0.0840. The van der Waals surface area contributed by atoms with Crippen molar-refractivity contribution in [3.8, 4) is 0 Å². The summed E-state index contributed by atoms with van der Waals surface area (Å²) in [5, 5.41) is 2.97. The van der Waals surface area contributed by atoms with Crippen molar-refractivity contribution in [1.82, 2.24) is 5.09 Å². The highest BCUT2D eigenvalue weighted by atomic mass is 31.2. The Morgan fingerprint density at radius 1 is 1.25 bits per heavy atom. The van der Waals surface area contributed by atoms with E-state index in [4.69, 9.17) is 14.8 Å². The van der Waals surface area contributed by atoms with Crippen LogP contribution in [0.3, 0.4) is 0 Å². The molecule has 1 rings (SSSR count). The van der Waals surface area contributed by atoms with E-state index in [-0.39, 0.29) is 12.1 Å². The van der Waals surface area contributed by atoms with Gasteiger partial charge in [-0.25, -0.2) is 9.65 Å². The second kappa shape index (κ2) is 6.72. The maximum atomic E-state index is 12.2. The zero-order chi connectivity index (χ0) is 12.0. The molecule has 0 amide bonds. The van der Waals surface area contributed by atoms with Gasteiger partial charge >= 0.3 is 7.75 Å². The lowest BCUT2D eigenvalue weighted by Crippen LogP contribution is -2.46. The van der Waals surface area contributed by atoms with Gasteiger partial charge in [0.25, 0.3) is 0 Å². The van der Waals surface area contributed by atoms with Crippen molar-refractivity contribution in [2.45, 2.75) is 51.6 Å². The van der Waals surface area contributed by atoms with Crippen LogP contribution < -0.4 is 10.8 Å². The molecule has 0 aromatic rings. The SMILES string of the molecule is CCOP(=O)(N[C@H]1CCCC[C@@H]1N)OCC. The highest BCUT2D eigenvalue weighted by Gasteiger charge is 2.31. The highest BCUT2D eigenvalue weighted by molar-refractivity contribution is 7.51. The van der Waals surface area contributed by atoms with Gasteiger partial charge in [0.2, 0.25) is 0 Å². The van der Waals surface area contributed by atoms with E-state index in [1.54, 1.807) is 13.8 Å². The Balaban J connectivity index is 2.55. The molecule has 0 unspecified atom stereocenters. The van der Waals surface area contributed by atoms with Crippen molar-refractivity contribution in [3.05, 3.63) is 0 Å². The number of rotatable bonds is 6. The topological polar surface area (TPSA) is 73.6 Å². The summed E-state index contributed by atoms with van der Waals surface area (Å²) in [5.74, 6) is 0. The molecule has 1 fully saturated rings. The second-order valence-corrected chi connectivity index (χ2v) is 5.79. The van der Waals surface area contributed by atoms with Crippen LogP contribution in [0.25, 0.3) is 0 Å². The van der Waals surface area contributed by atoms with Crippen molar-refractivity contribution in [1.29, 1.82) is 0 Å². The summed E-state index contributed by atoms with van der Waals surface area (Å²) in [6.07, 6.45) is 4.16. The molecule has 0 radical (unpaired) electrons. The fourth-order valence-electron chi connectivity index (χ4n) is 1.97. The van der Waals surface area contributed by atoms with E-state index in [1.165, 1.54) is 0 Å². The van der Waals surface area contributed by atoms with E-state index < -0.39 is 7.75 Å². The third kappa shape index (κ3) is 4.15. The second-order valence-electron chi connectivity index (χ2n) is 4.02. The standard InChI is InChI=1S/C10H23N2O3P/c1-3-14-16(13,15-4-2)12-10-8-6-5-7-9(10)11/h9-10H,3-8,11H2,1-2H3,(H,12,13)/t9-,10-/m0/s1. The third-order valence-electron chi connectivity index (χ3n) is 2.74. The van der Waals surface area contributed by atoms with Crippen molar-refractivity contribution in [3.63, 3.8) is 0 Å². The molecule has 0 heterocycles. The Morgan fingerprint density at radius 2 is 1.81 bits per heavy atom. The van der Waals surface area contributed by atoms with Gasteiger partial charge in [0.05, 0.1) is 13.2 Å². The molecule has 1 aliphatic rings. The first kappa shape index (κ1) is 14.1. The molecular weight excluding hydrogens is 227 g/mol. The van der Waals surface area contributed by atoms with Gasteiger partial charge in [-0.3, -0.25) is 9.05 Å². The smallest absolute Gasteiger partial charge is 0.326 e. The average molecular weight is 250 g/mol. The zero-order valence-electron chi connectivity index (χ0n) is 10.1. The molecule has 96 valence electrons. The van der Waals surface area contributed by atoms with Gasteiger partial charge in [0.1, 0.15) is 0 Å². The maximum Gasteiger partial charge on any atom is 0.405 e. The molecule has 0 bridgehead atoms. The van der Waals surface area contributed by atoms with E-state index in [2.05, 4.69) is 5.09 Å². The molecule has 0 aromatic carbocycles. The van der Waals surface area contributed by atoms with Crippen LogP contribution >= 0.6 is 7.75 Å². The van der Waals surface area contributed by atoms with E-state index in [0.717, 1.165) is 25.7 Å². The minimum atomic E-state index is -3.16. The molecule has 0 spiro atoms. The third-order valence-corrected chi connectivity index (χ3v) is 4.59. The van der Waals surface area contributed by atoms with Crippen molar-refractivity contribution >= 4 is 7.75 Å². The summed E-state index contributed by atoms with van der Waals surface area (Å²) >= 11 is 0. The summed E-state index contributed by atoms with van der Waals surface area (Å²) in [5.41, 5.74) is 5.98. The quantitative estimate of drug-likeness (QED) is 0.705. The molecule has 16 heavy (non-hydrogen) atoms. The minimum absolute atomic E-state index is 0.0395. The van der Waals surface area contributed by atoms with Crippen molar-refractivity contribution in [2.24, 2.45) is 5.73 Å². The van der Waals surface area contributed by atoms with Gasteiger partial charge < -0.3 is 5.73 Å². The fourth-order valence-corrected chi connectivity index (χ4v) is 3.60. The van der Waals surface area contributed by atoms with Crippen LogP contribution in [0.15, 0.2) is 0 Å². The molecule has 0 aliphatic heterocycles. The first-order valence-corrected chi connectivity index (χ1v) is 7.58. The average Bonchev–Trinajstić information content (AvgIpc) is 2.22. The molecular formula is C10H23N2O3P. The van der Waals surface area contributed by atoms with Crippen LogP contribution in [0.2, 0.25) is 0 Å². The Morgan fingerprint density at radius 3 is 2.31 bits per heavy atom. The van der Waals surface area contributed by atoms with Crippen LogP contribution in [0.5, 0.6) is 0 Å². The van der Waals surface area contributed by atoms with Gasteiger partial charge in [-0.2, -0.15) is 0 Å². The Kier molecular flexibility index (Phi) is 5.94. The number of nitrogens with two attached hydrogens (primary N) is 1. The summed E-state index contributed by atoms with van der Waals surface area (Å²) < 4.78 is 22.6. The molecule has 5 nitrogen and oxygen atoms in total. The number of hydrogen-bond acceptors (Lipinski definition) is 4. The van der Waals surface area contributed by atoms with Crippen molar-refractivity contribution in [2.75, 3.05) is 13.2 Å². The largest absolute Gasteiger partial charge is 0.405 e. The van der Waals surface area contributed by atoms with Crippen LogP contribution in [-0.4, -0.2) is 25.3 Å². The lowest BCUT2D eigenvalue weighted by atomic mass is 9.92. The van der Waals surface area contributed by atoms with Crippen LogP contribution in [0.1, 0.15) is 39.5 Å². The zero-order valence-corrected chi connectivity index (χ0v) is 11.0. The summed E-state index contributed by atoms with van der Waals surface area (Å²) in [6.45, 7) is 4.33. The van der Waals surface area contributed by atoms with Crippen molar-refractivity contribution < 1.29 is 13.6 Å². The molecule has 0 aromatic heterocycles. The fraction of sp³-hybridized carbons (Fsp3) is 1.00.